The van der Waals surface area contributed by atoms with Gasteiger partial charge in [-0.2, -0.15) is 9.29 Å². The van der Waals surface area contributed by atoms with Crippen molar-refractivity contribution in [3.63, 3.8) is 0 Å². The van der Waals surface area contributed by atoms with E-state index in [4.69, 9.17) is 16.6 Å². The van der Waals surface area contributed by atoms with Gasteiger partial charge in [-0.05, 0) is 61.9 Å². The average molecular weight is 555 g/mol. The van der Waals surface area contributed by atoms with Crippen LogP contribution in [0.5, 0.6) is 0 Å². The number of aromatic amines is 1. The molecular formula is C25H27ClN8O3S. The summed E-state index contributed by atoms with van der Waals surface area (Å²) in [6.45, 7) is 2.37. The van der Waals surface area contributed by atoms with Crippen LogP contribution < -0.4 is 15.5 Å². The quantitative estimate of drug-likeness (QED) is 0.437. The van der Waals surface area contributed by atoms with E-state index < -0.39 is 15.4 Å². The third kappa shape index (κ3) is 3.73. The minimum absolute atomic E-state index is 0.00336. The Bertz CT molecular complexity index is 1530. The maximum Gasteiger partial charge on any atom is 0.276 e. The van der Waals surface area contributed by atoms with E-state index in [0.717, 1.165) is 43.5 Å². The summed E-state index contributed by atoms with van der Waals surface area (Å²) >= 11 is 6.73. The van der Waals surface area contributed by atoms with E-state index in [1.54, 1.807) is 11.1 Å². The van der Waals surface area contributed by atoms with Gasteiger partial charge < -0.3 is 15.6 Å². The van der Waals surface area contributed by atoms with Crippen LogP contribution in [0.25, 0.3) is 0 Å². The van der Waals surface area contributed by atoms with Crippen LogP contribution in [0.3, 0.4) is 0 Å². The van der Waals surface area contributed by atoms with Crippen LogP contribution in [0.15, 0.2) is 35.9 Å². The van der Waals surface area contributed by atoms with E-state index in [-0.39, 0.29) is 17.1 Å². The first-order valence-corrected chi connectivity index (χ1v) is 14.7. The van der Waals surface area contributed by atoms with Gasteiger partial charge in [0.05, 0.1) is 16.1 Å². The number of H-pyrrole nitrogens is 1. The lowest BCUT2D eigenvalue weighted by atomic mass is 9.99. The topological polar surface area (TPSA) is 136 Å². The van der Waals surface area contributed by atoms with Crippen LogP contribution >= 0.6 is 11.6 Å². The zero-order chi connectivity index (χ0) is 26.1. The fourth-order valence-electron chi connectivity index (χ4n) is 5.81. The van der Waals surface area contributed by atoms with Gasteiger partial charge in [0.1, 0.15) is 5.82 Å². The predicted octanol–water partition coefficient (Wildman–Crippen LogP) is 2.47. The third-order valence-corrected chi connectivity index (χ3v) is 10.2. The van der Waals surface area contributed by atoms with Crippen LogP contribution in [-0.4, -0.2) is 64.2 Å². The Morgan fingerprint density at radius 2 is 1.95 bits per heavy atom. The number of piperidine rings is 1. The number of benzene rings is 1. The lowest BCUT2D eigenvalue weighted by Gasteiger charge is -2.31. The van der Waals surface area contributed by atoms with Crippen LogP contribution in [0, 0.1) is 0 Å². The predicted molar refractivity (Wildman–Crippen MR) is 141 cm³/mol. The monoisotopic (exact) mass is 554 g/mol. The summed E-state index contributed by atoms with van der Waals surface area (Å²) in [4.78, 5) is 31.3. The number of imidazole rings is 1. The minimum atomic E-state index is -3.64. The van der Waals surface area contributed by atoms with Gasteiger partial charge in [-0.15, -0.1) is 0 Å². The second-order valence-electron chi connectivity index (χ2n) is 10.4. The van der Waals surface area contributed by atoms with Crippen molar-refractivity contribution < 1.29 is 13.2 Å². The molecule has 7 rings (SSSR count). The summed E-state index contributed by atoms with van der Waals surface area (Å²) in [5.74, 6) is 1.01. The summed E-state index contributed by atoms with van der Waals surface area (Å²) in [6, 6.07) is 3.98. The second-order valence-corrected chi connectivity index (χ2v) is 12.6. The van der Waals surface area contributed by atoms with Crippen LogP contribution in [0.1, 0.15) is 42.4 Å². The zero-order valence-corrected chi connectivity index (χ0v) is 22.1. The Kier molecular flexibility index (Phi) is 5.52. The number of amides is 1. The molecule has 1 saturated carbocycles. The van der Waals surface area contributed by atoms with E-state index in [0.29, 0.717) is 48.4 Å². The average Bonchev–Trinajstić information content (AvgIpc) is 3.44. The maximum atomic E-state index is 13.7. The number of carbonyl (C=O) groups is 1. The summed E-state index contributed by atoms with van der Waals surface area (Å²) < 4.78 is 27.0. The highest BCUT2D eigenvalue weighted by Crippen LogP contribution is 2.59. The van der Waals surface area contributed by atoms with E-state index >= 15 is 0 Å². The molecule has 4 aliphatic rings. The molecule has 38 heavy (non-hydrogen) atoms. The lowest BCUT2D eigenvalue weighted by Crippen LogP contribution is -2.42. The lowest BCUT2D eigenvalue weighted by molar-refractivity contribution is -0.119. The first-order valence-electron chi connectivity index (χ1n) is 12.9. The van der Waals surface area contributed by atoms with E-state index in [2.05, 4.69) is 25.6 Å². The van der Waals surface area contributed by atoms with Crippen molar-refractivity contribution >= 4 is 45.0 Å². The number of nitrogens with one attached hydrogen (secondary N) is 3. The first kappa shape index (κ1) is 24.0. The van der Waals surface area contributed by atoms with Gasteiger partial charge in [0.15, 0.2) is 0 Å². The molecular weight excluding hydrogens is 528 g/mol. The molecule has 1 saturated heterocycles. The number of anilines is 3. The molecule has 3 aliphatic heterocycles. The molecule has 11 nitrogen and oxygen atoms in total. The van der Waals surface area contributed by atoms with Gasteiger partial charge in [0.25, 0.3) is 10.0 Å². The molecule has 0 radical (unpaired) electrons. The van der Waals surface area contributed by atoms with E-state index in [9.17, 15) is 13.2 Å². The van der Waals surface area contributed by atoms with Crippen molar-refractivity contribution in [2.24, 2.45) is 0 Å². The Hall–Kier alpha value is -3.06. The second kappa shape index (κ2) is 8.73. The number of fused-ring (bicyclic) bond motifs is 3. The molecule has 198 valence electrons. The number of hydrogen-bond donors (Lipinski definition) is 3. The largest absolute Gasteiger partial charge is 0.351 e. The number of halogens is 1. The van der Waals surface area contributed by atoms with E-state index in [1.165, 1.54) is 22.3 Å². The van der Waals surface area contributed by atoms with Gasteiger partial charge in [0, 0.05) is 49.8 Å². The maximum absolute atomic E-state index is 13.7. The van der Waals surface area contributed by atoms with Crippen LogP contribution in [0.4, 0.5) is 17.5 Å². The zero-order valence-electron chi connectivity index (χ0n) is 20.6. The molecule has 2 aromatic heterocycles. The molecule has 0 unspecified atom stereocenters. The molecule has 3 aromatic rings. The minimum Gasteiger partial charge on any atom is -0.351 e. The smallest absolute Gasteiger partial charge is 0.276 e. The number of hydrogen-bond acceptors (Lipinski definition) is 8. The van der Waals surface area contributed by atoms with Gasteiger partial charge in [0.2, 0.25) is 17.0 Å². The number of sulfonamides is 1. The SMILES string of the molecule is O=C1N(c2cc3c(cc2Cl)CNCC3)c2nc(NC3CCN(S(=O)(=O)c4ncc[nH]4)CC3)ncc2C12CC2. The Labute approximate surface area is 225 Å². The van der Waals surface area contributed by atoms with Crippen molar-refractivity contribution in [1.82, 2.24) is 29.6 Å². The van der Waals surface area contributed by atoms with Crippen molar-refractivity contribution in [2.45, 2.75) is 55.3 Å². The van der Waals surface area contributed by atoms with E-state index in [1.807, 2.05) is 12.1 Å². The van der Waals surface area contributed by atoms with Gasteiger partial charge in [-0.25, -0.2) is 18.4 Å². The third-order valence-electron chi connectivity index (χ3n) is 8.10. The van der Waals surface area contributed by atoms with Crippen LogP contribution in [-0.2, 0) is 33.2 Å². The Morgan fingerprint density at radius 3 is 2.68 bits per heavy atom. The van der Waals surface area contributed by atoms with Gasteiger partial charge >= 0.3 is 0 Å². The molecule has 1 aromatic carbocycles. The number of aromatic nitrogens is 4. The normalized spacial score (nSPS) is 21.0. The highest BCUT2D eigenvalue weighted by Gasteiger charge is 2.61. The molecule has 2 fully saturated rings. The fourth-order valence-corrected chi connectivity index (χ4v) is 7.42. The van der Waals surface area contributed by atoms with Crippen molar-refractivity contribution in [2.75, 3.05) is 29.9 Å². The Balaban J connectivity index is 1.14. The number of carbonyl (C=O) groups excluding carboxylic acids is 1. The van der Waals surface area contributed by atoms with Gasteiger partial charge in [-0.3, -0.25) is 9.69 Å². The van der Waals surface area contributed by atoms with Gasteiger partial charge in [-0.1, -0.05) is 11.6 Å². The molecule has 0 atom stereocenters. The van der Waals surface area contributed by atoms with Crippen molar-refractivity contribution in [3.05, 3.63) is 52.4 Å². The number of rotatable bonds is 5. The summed E-state index contributed by atoms with van der Waals surface area (Å²) in [5, 5.41) is 7.22. The fraction of sp³-hybridized carbons (Fsp3) is 0.440. The summed E-state index contributed by atoms with van der Waals surface area (Å²) in [5.41, 5.74) is 3.31. The van der Waals surface area contributed by atoms with Crippen molar-refractivity contribution in [1.29, 1.82) is 0 Å². The van der Waals surface area contributed by atoms with Crippen LogP contribution in [0.2, 0.25) is 5.02 Å². The van der Waals surface area contributed by atoms with Crippen molar-refractivity contribution in [3.8, 4) is 0 Å². The molecule has 1 amide bonds. The highest BCUT2D eigenvalue weighted by molar-refractivity contribution is 7.88. The molecule has 13 heteroatoms. The molecule has 0 bridgehead atoms. The first-order chi connectivity index (χ1) is 18.4. The molecule has 1 aliphatic carbocycles. The summed E-state index contributed by atoms with van der Waals surface area (Å²) in [6.07, 6.45) is 8.32. The highest BCUT2D eigenvalue weighted by atomic mass is 35.5. The molecule has 5 heterocycles. The summed E-state index contributed by atoms with van der Waals surface area (Å²) in [7, 11) is -3.64. The standard InChI is InChI=1S/C25H27ClN8O3S/c26-19-11-16-13-27-6-1-15(16)12-20(19)34-21-18(25(4-5-25)22(34)35)14-30-23(32-21)31-17-2-9-33(10-3-17)38(36,37)24-28-7-8-29-24/h7-8,11-12,14,17,27H,1-6,9-10,13H2,(H,28,29)(H,30,31,32). The Morgan fingerprint density at radius 1 is 1.13 bits per heavy atom. The number of nitrogens with zero attached hydrogens (tertiary/aromatic N) is 5. The molecule has 3 N–H and O–H groups in total. The molecule has 1 spiro atoms.